The van der Waals surface area contributed by atoms with Crippen molar-refractivity contribution in [1.29, 1.82) is 0 Å². The number of hydrogen-bond donors (Lipinski definition) is 1. The standard InChI is InChI=1S/C8H11NO4/c1-5(10)6-4-9(8(12)13)3-2-7(6)11/h6H,2-4H2,1H3,(H,12,13). The molecule has 1 amide bonds. The minimum Gasteiger partial charge on any atom is -0.465 e. The summed E-state index contributed by atoms with van der Waals surface area (Å²) in [5, 5.41) is 8.63. The molecule has 72 valence electrons. The third-order valence-electron chi connectivity index (χ3n) is 2.18. The van der Waals surface area contributed by atoms with E-state index in [0.29, 0.717) is 0 Å². The van der Waals surface area contributed by atoms with Crippen molar-refractivity contribution in [3.8, 4) is 0 Å². The number of ketones is 2. The molecule has 1 fully saturated rings. The molecule has 1 aliphatic heterocycles. The van der Waals surface area contributed by atoms with Gasteiger partial charge in [-0.15, -0.1) is 0 Å². The van der Waals surface area contributed by atoms with Gasteiger partial charge in [-0.05, 0) is 6.92 Å². The Hall–Kier alpha value is -1.39. The maximum Gasteiger partial charge on any atom is 0.407 e. The van der Waals surface area contributed by atoms with Gasteiger partial charge in [-0.2, -0.15) is 0 Å². The van der Waals surface area contributed by atoms with Crippen LogP contribution in [0.1, 0.15) is 13.3 Å². The smallest absolute Gasteiger partial charge is 0.407 e. The average molecular weight is 185 g/mol. The number of Topliss-reactive ketones (excluding diaryl/α,β-unsaturated/α-hetero) is 2. The number of likely N-dealkylation sites (tertiary alicyclic amines) is 1. The molecule has 0 radical (unpaired) electrons. The lowest BCUT2D eigenvalue weighted by atomic mass is 9.93. The third-order valence-corrected chi connectivity index (χ3v) is 2.18. The highest BCUT2D eigenvalue weighted by atomic mass is 16.4. The number of rotatable bonds is 1. The van der Waals surface area contributed by atoms with Crippen molar-refractivity contribution in [3.05, 3.63) is 0 Å². The summed E-state index contributed by atoms with van der Waals surface area (Å²) in [6, 6.07) is 0. The van der Waals surface area contributed by atoms with E-state index in [-0.39, 0.29) is 31.1 Å². The van der Waals surface area contributed by atoms with Gasteiger partial charge < -0.3 is 10.0 Å². The van der Waals surface area contributed by atoms with Crippen molar-refractivity contribution in [2.75, 3.05) is 13.1 Å². The molecule has 0 aliphatic carbocycles. The van der Waals surface area contributed by atoms with Crippen LogP contribution in [0.2, 0.25) is 0 Å². The first-order chi connectivity index (χ1) is 6.02. The van der Waals surface area contributed by atoms with Gasteiger partial charge in [0, 0.05) is 19.5 Å². The van der Waals surface area contributed by atoms with Crippen LogP contribution in [0.4, 0.5) is 4.79 Å². The Labute approximate surface area is 75.3 Å². The quantitative estimate of drug-likeness (QED) is 0.590. The van der Waals surface area contributed by atoms with Gasteiger partial charge in [-0.25, -0.2) is 4.79 Å². The summed E-state index contributed by atoms with van der Waals surface area (Å²) in [7, 11) is 0. The molecule has 0 aromatic carbocycles. The van der Waals surface area contributed by atoms with E-state index in [2.05, 4.69) is 0 Å². The molecule has 1 atom stereocenters. The Balaban J connectivity index is 2.68. The molecule has 1 aliphatic rings. The van der Waals surface area contributed by atoms with E-state index in [1.165, 1.54) is 6.92 Å². The fraction of sp³-hybridized carbons (Fsp3) is 0.625. The first kappa shape index (κ1) is 9.70. The van der Waals surface area contributed by atoms with Crippen LogP contribution in [0, 0.1) is 5.92 Å². The largest absolute Gasteiger partial charge is 0.465 e. The predicted molar refractivity (Wildman–Crippen MR) is 43.4 cm³/mol. The lowest BCUT2D eigenvalue weighted by Gasteiger charge is -2.27. The number of piperidine rings is 1. The van der Waals surface area contributed by atoms with Gasteiger partial charge in [0.1, 0.15) is 11.6 Å². The molecule has 0 aromatic rings. The van der Waals surface area contributed by atoms with E-state index in [1.807, 2.05) is 0 Å². The Kier molecular flexibility index (Phi) is 2.65. The van der Waals surface area contributed by atoms with Gasteiger partial charge in [-0.3, -0.25) is 9.59 Å². The summed E-state index contributed by atoms with van der Waals surface area (Å²) in [4.78, 5) is 33.7. The molecule has 0 spiro atoms. The van der Waals surface area contributed by atoms with Gasteiger partial charge >= 0.3 is 6.09 Å². The Morgan fingerprint density at radius 2 is 2.15 bits per heavy atom. The van der Waals surface area contributed by atoms with Crippen molar-refractivity contribution >= 4 is 17.7 Å². The molecule has 0 bridgehead atoms. The van der Waals surface area contributed by atoms with E-state index >= 15 is 0 Å². The number of amides is 1. The maximum absolute atomic E-state index is 11.2. The summed E-state index contributed by atoms with van der Waals surface area (Å²) in [6.45, 7) is 1.54. The fourth-order valence-corrected chi connectivity index (χ4v) is 1.36. The first-order valence-electron chi connectivity index (χ1n) is 4.03. The number of carboxylic acid groups (broad SMARTS) is 1. The summed E-state index contributed by atoms with van der Waals surface area (Å²) in [5.74, 6) is -1.15. The van der Waals surface area contributed by atoms with Gasteiger partial charge in [-0.1, -0.05) is 0 Å². The van der Waals surface area contributed by atoms with Crippen molar-refractivity contribution in [1.82, 2.24) is 4.90 Å². The predicted octanol–water partition coefficient (Wildman–Crippen LogP) is 0.144. The highest BCUT2D eigenvalue weighted by Crippen LogP contribution is 2.13. The Morgan fingerprint density at radius 1 is 1.54 bits per heavy atom. The fourth-order valence-electron chi connectivity index (χ4n) is 1.36. The topological polar surface area (TPSA) is 74.7 Å². The second-order valence-corrected chi connectivity index (χ2v) is 3.11. The third kappa shape index (κ3) is 2.05. The highest BCUT2D eigenvalue weighted by Gasteiger charge is 2.32. The monoisotopic (exact) mass is 185 g/mol. The van der Waals surface area contributed by atoms with Gasteiger partial charge in [0.05, 0.1) is 5.92 Å². The molecular weight excluding hydrogens is 174 g/mol. The SMILES string of the molecule is CC(=O)C1CN(C(=O)O)CCC1=O. The van der Waals surface area contributed by atoms with Crippen LogP contribution in [0.3, 0.4) is 0 Å². The summed E-state index contributed by atoms with van der Waals surface area (Å²) >= 11 is 0. The van der Waals surface area contributed by atoms with E-state index in [1.54, 1.807) is 0 Å². The van der Waals surface area contributed by atoms with E-state index in [9.17, 15) is 14.4 Å². The normalized spacial score (nSPS) is 23.0. The Bertz CT molecular complexity index is 261. The van der Waals surface area contributed by atoms with Crippen LogP contribution < -0.4 is 0 Å². The van der Waals surface area contributed by atoms with Crippen LogP contribution in [-0.4, -0.2) is 40.8 Å². The maximum atomic E-state index is 11.2. The number of nitrogens with zero attached hydrogens (tertiary/aromatic N) is 1. The van der Waals surface area contributed by atoms with E-state index < -0.39 is 12.0 Å². The van der Waals surface area contributed by atoms with E-state index in [0.717, 1.165) is 4.90 Å². The van der Waals surface area contributed by atoms with Crippen molar-refractivity contribution < 1.29 is 19.5 Å². The molecule has 1 saturated heterocycles. The minimum absolute atomic E-state index is 0.0174. The molecular formula is C8H11NO4. The van der Waals surface area contributed by atoms with Gasteiger partial charge in [0.2, 0.25) is 0 Å². The Morgan fingerprint density at radius 3 is 2.62 bits per heavy atom. The molecule has 0 saturated carbocycles. The van der Waals surface area contributed by atoms with Gasteiger partial charge in [0.25, 0.3) is 0 Å². The molecule has 1 heterocycles. The average Bonchev–Trinajstić information content (AvgIpc) is 2.04. The molecule has 13 heavy (non-hydrogen) atoms. The molecule has 1 unspecified atom stereocenters. The van der Waals surface area contributed by atoms with Crippen LogP contribution in [0.5, 0.6) is 0 Å². The summed E-state index contributed by atoms with van der Waals surface area (Å²) < 4.78 is 0. The van der Waals surface area contributed by atoms with Crippen molar-refractivity contribution in [3.63, 3.8) is 0 Å². The van der Waals surface area contributed by atoms with E-state index in [4.69, 9.17) is 5.11 Å². The molecule has 5 heteroatoms. The van der Waals surface area contributed by atoms with Crippen molar-refractivity contribution in [2.45, 2.75) is 13.3 Å². The zero-order valence-corrected chi connectivity index (χ0v) is 7.32. The number of hydrogen-bond acceptors (Lipinski definition) is 3. The molecule has 5 nitrogen and oxygen atoms in total. The lowest BCUT2D eigenvalue weighted by Crippen LogP contribution is -2.45. The molecule has 1 rings (SSSR count). The zero-order valence-electron chi connectivity index (χ0n) is 7.32. The van der Waals surface area contributed by atoms with Crippen LogP contribution in [0.15, 0.2) is 0 Å². The summed E-state index contributed by atoms with van der Waals surface area (Å²) in [5.41, 5.74) is 0. The molecule has 1 N–H and O–H groups in total. The second kappa shape index (κ2) is 3.55. The van der Waals surface area contributed by atoms with Crippen LogP contribution >= 0.6 is 0 Å². The van der Waals surface area contributed by atoms with Crippen LogP contribution in [0.25, 0.3) is 0 Å². The molecule has 0 aromatic heterocycles. The zero-order chi connectivity index (χ0) is 10.0. The van der Waals surface area contributed by atoms with Gasteiger partial charge in [0.15, 0.2) is 0 Å². The number of carbonyl (C=O) groups is 3. The number of carbonyl (C=O) groups excluding carboxylic acids is 2. The minimum atomic E-state index is -1.07. The second-order valence-electron chi connectivity index (χ2n) is 3.11. The first-order valence-corrected chi connectivity index (χ1v) is 4.03. The van der Waals surface area contributed by atoms with Crippen molar-refractivity contribution in [2.24, 2.45) is 5.92 Å². The summed E-state index contributed by atoms with van der Waals surface area (Å²) in [6.07, 6.45) is -0.921. The highest BCUT2D eigenvalue weighted by molar-refractivity contribution is 6.02. The lowest BCUT2D eigenvalue weighted by molar-refractivity contribution is -0.134. The van der Waals surface area contributed by atoms with Crippen LogP contribution in [-0.2, 0) is 9.59 Å².